The molecule has 2 rings (SSSR count). The summed E-state index contributed by atoms with van der Waals surface area (Å²) in [5.41, 5.74) is 0.970. The molecule has 3 atom stereocenters. The zero-order valence-electron chi connectivity index (χ0n) is 18.9. The minimum absolute atomic E-state index is 0.000327. The van der Waals surface area contributed by atoms with Crippen molar-refractivity contribution in [2.24, 2.45) is 5.92 Å². The molecule has 2 aromatic rings. The molecule has 0 radical (unpaired) electrons. The van der Waals surface area contributed by atoms with Crippen LogP contribution in [-0.4, -0.2) is 68.7 Å². The lowest BCUT2D eigenvalue weighted by Gasteiger charge is -2.34. The van der Waals surface area contributed by atoms with Crippen LogP contribution in [0.3, 0.4) is 0 Å². The second-order valence-electron chi connectivity index (χ2n) is 8.04. The van der Waals surface area contributed by atoms with Crippen molar-refractivity contribution < 1.29 is 18.3 Å². The molecule has 9 heteroatoms. The number of hydrogen-bond acceptors (Lipinski definition) is 5. The molecule has 0 aromatic heterocycles. The van der Waals surface area contributed by atoms with Gasteiger partial charge in [0.25, 0.3) is 0 Å². The number of nitrogens with zero attached hydrogens (tertiary/aromatic N) is 2. The number of likely N-dealkylation sites (N-methyl/N-ethyl adjacent to an activating group) is 1. The normalized spacial score (nSPS) is 15.2. The molecule has 0 aliphatic heterocycles. The summed E-state index contributed by atoms with van der Waals surface area (Å²) < 4.78 is 32.9. The fourth-order valence-electron chi connectivity index (χ4n) is 3.47. The second-order valence-corrected chi connectivity index (χ2v) is 10.9. The summed E-state index contributed by atoms with van der Waals surface area (Å²) in [7, 11) is -0.551. The lowest BCUT2D eigenvalue weighted by atomic mass is 10.0. The van der Waals surface area contributed by atoms with Gasteiger partial charge < -0.3 is 9.84 Å². The number of ether oxygens (including phenoxy) is 1. The predicted molar refractivity (Wildman–Crippen MR) is 130 cm³/mol. The highest BCUT2D eigenvalue weighted by molar-refractivity contribution is 7.89. The zero-order chi connectivity index (χ0) is 23.9. The molecule has 178 valence electrons. The minimum atomic E-state index is -3.67. The first-order valence-corrected chi connectivity index (χ1v) is 12.6. The van der Waals surface area contributed by atoms with Crippen molar-refractivity contribution in [3.8, 4) is 0 Å². The van der Waals surface area contributed by atoms with E-state index in [2.05, 4.69) is 4.90 Å². The summed E-state index contributed by atoms with van der Waals surface area (Å²) in [5.74, 6) is -0.0145. The van der Waals surface area contributed by atoms with Gasteiger partial charge in [0.1, 0.15) is 0 Å². The van der Waals surface area contributed by atoms with Crippen LogP contribution in [0.1, 0.15) is 19.4 Å². The first kappa shape index (κ1) is 27.1. The van der Waals surface area contributed by atoms with Crippen LogP contribution in [0.25, 0.3) is 0 Å². The van der Waals surface area contributed by atoms with Crippen molar-refractivity contribution in [1.29, 1.82) is 0 Å². The van der Waals surface area contributed by atoms with Crippen molar-refractivity contribution in [2.75, 3.05) is 33.9 Å². The number of rotatable bonds is 12. The summed E-state index contributed by atoms with van der Waals surface area (Å²) >= 11 is 12.2. The number of methoxy groups -OCH3 is 1. The maximum Gasteiger partial charge on any atom is 0.242 e. The lowest BCUT2D eigenvalue weighted by molar-refractivity contribution is 0.0194. The summed E-state index contributed by atoms with van der Waals surface area (Å²) in [5, 5.41) is 10.9. The predicted octanol–water partition coefficient (Wildman–Crippen LogP) is 4.15. The molecule has 0 spiro atoms. The van der Waals surface area contributed by atoms with Gasteiger partial charge in [0.05, 0.1) is 17.6 Å². The molecule has 1 N–H and O–H groups in total. The molecule has 0 amide bonds. The average Bonchev–Trinajstić information content (AvgIpc) is 2.77. The molecular formula is C23H32Cl2N2O4S. The van der Waals surface area contributed by atoms with E-state index in [1.54, 1.807) is 26.3 Å². The van der Waals surface area contributed by atoms with Crippen LogP contribution in [0.4, 0.5) is 0 Å². The monoisotopic (exact) mass is 502 g/mol. The van der Waals surface area contributed by atoms with E-state index in [1.165, 1.54) is 16.4 Å². The quantitative estimate of drug-likeness (QED) is 0.472. The van der Waals surface area contributed by atoms with E-state index in [0.717, 1.165) is 5.56 Å². The Morgan fingerprint density at radius 3 is 2.22 bits per heavy atom. The molecule has 0 saturated heterocycles. The highest BCUT2D eigenvalue weighted by Gasteiger charge is 2.28. The Hall–Kier alpha value is -1.19. The highest BCUT2D eigenvalue weighted by atomic mass is 35.5. The molecule has 0 bridgehead atoms. The van der Waals surface area contributed by atoms with Gasteiger partial charge in [-0.2, -0.15) is 4.31 Å². The fourth-order valence-corrected chi connectivity index (χ4v) is 4.98. The first-order chi connectivity index (χ1) is 15.1. The molecular weight excluding hydrogens is 471 g/mol. The Bertz CT molecular complexity index is 957. The Balaban J connectivity index is 2.12. The van der Waals surface area contributed by atoms with Crippen LogP contribution in [0.2, 0.25) is 10.0 Å². The fraction of sp³-hybridized carbons (Fsp3) is 0.478. The van der Waals surface area contributed by atoms with E-state index in [1.807, 2.05) is 38.1 Å². The Morgan fingerprint density at radius 1 is 1.03 bits per heavy atom. The topological polar surface area (TPSA) is 70.1 Å². The van der Waals surface area contributed by atoms with Gasteiger partial charge >= 0.3 is 0 Å². The van der Waals surface area contributed by atoms with Crippen LogP contribution in [-0.2, 0) is 21.3 Å². The van der Waals surface area contributed by atoms with Crippen molar-refractivity contribution in [1.82, 2.24) is 9.21 Å². The van der Waals surface area contributed by atoms with Crippen molar-refractivity contribution >= 4 is 33.2 Å². The van der Waals surface area contributed by atoms with Crippen LogP contribution in [0, 0.1) is 5.92 Å². The van der Waals surface area contributed by atoms with Gasteiger partial charge in [-0.05, 0) is 48.7 Å². The Morgan fingerprint density at radius 2 is 1.66 bits per heavy atom. The molecule has 6 nitrogen and oxygen atoms in total. The molecule has 0 fully saturated rings. The number of hydrogen-bond donors (Lipinski definition) is 1. The van der Waals surface area contributed by atoms with E-state index < -0.39 is 10.0 Å². The van der Waals surface area contributed by atoms with Gasteiger partial charge in [-0.1, -0.05) is 48.3 Å². The Labute approximate surface area is 201 Å². The van der Waals surface area contributed by atoms with Crippen molar-refractivity contribution in [3.63, 3.8) is 0 Å². The summed E-state index contributed by atoms with van der Waals surface area (Å²) in [6.07, 6.45) is -0.346. The van der Waals surface area contributed by atoms with Gasteiger partial charge in [-0.25, -0.2) is 8.42 Å². The standard InChI is InChI=1S/C23H32Cl2N2O4S/c1-17(13-27(18(2)16-28)14-19-7-5-6-8-22(19)25)23(31-4)15-26(3)32(29,30)21-11-9-20(24)10-12-21/h5-12,17-18,23,28H,13-16H2,1-4H3/t17-,18+,23+/m1/s1. The first-order valence-electron chi connectivity index (χ1n) is 10.4. The van der Waals surface area contributed by atoms with Gasteiger partial charge in [0.15, 0.2) is 0 Å². The molecule has 2 aromatic carbocycles. The van der Waals surface area contributed by atoms with Crippen LogP contribution >= 0.6 is 23.2 Å². The van der Waals surface area contributed by atoms with E-state index in [0.29, 0.717) is 23.1 Å². The Kier molecular flexibility index (Phi) is 10.4. The molecule has 0 saturated carbocycles. The maximum atomic E-state index is 12.9. The third-order valence-corrected chi connectivity index (χ3v) is 8.10. The van der Waals surface area contributed by atoms with Gasteiger partial charge in [-0.15, -0.1) is 0 Å². The van der Waals surface area contributed by atoms with Gasteiger partial charge in [-0.3, -0.25) is 4.90 Å². The third kappa shape index (κ3) is 7.15. The third-order valence-electron chi connectivity index (χ3n) is 5.64. The number of aliphatic hydroxyl groups is 1. The van der Waals surface area contributed by atoms with Crippen molar-refractivity contribution in [3.05, 3.63) is 64.1 Å². The van der Waals surface area contributed by atoms with E-state index in [4.69, 9.17) is 27.9 Å². The van der Waals surface area contributed by atoms with Crippen LogP contribution in [0.15, 0.2) is 53.4 Å². The SMILES string of the molecule is CO[C@@H](CN(C)S(=O)(=O)c1ccc(Cl)cc1)[C@H](C)CN(Cc1ccccc1Cl)[C@@H](C)CO. The lowest BCUT2D eigenvalue weighted by Crippen LogP contribution is -2.44. The zero-order valence-corrected chi connectivity index (χ0v) is 21.2. The molecule has 0 aliphatic rings. The summed E-state index contributed by atoms with van der Waals surface area (Å²) in [6.45, 7) is 5.32. The summed E-state index contributed by atoms with van der Waals surface area (Å²) in [4.78, 5) is 2.31. The number of benzene rings is 2. The molecule has 0 heterocycles. The number of sulfonamides is 1. The van der Waals surface area contributed by atoms with E-state index >= 15 is 0 Å². The molecule has 0 aliphatic carbocycles. The van der Waals surface area contributed by atoms with Crippen LogP contribution < -0.4 is 0 Å². The smallest absolute Gasteiger partial charge is 0.242 e. The summed E-state index contributed by atoms with van der Waals surface area (Å²) in [6, 6.07) is 13.6. The minimum Gasteiger partial charge on any atom is -0.395 e. The van der Waals surface area contributed by atoms with E-state index in [-0.39, 0.29) is 36.1 Å². The van der Waals surface area contributed by atoms with Crippen molar-refractivity contribution in [2.45, 2.75) is 37.4 Å². The number of aliphatic hydroxyl groups excluding tert-OH is 1. The van der Waals surface area contributed by atoms with Crippen LogP contribution in [0.5, 0.6) is 0 Å². The van der Waals surface area contributed by atoms with Gasteiger partial charge in [0, 0.05) is 49.9 Å². The second kappa shape index (κ2) is 12.3. The molecule has 32 heavy (non-hydrogen) atoms. The highest BCUT2D eigenvalue weighted by Crippen LogP contribution is 2.22. The molecule has 0 unspecified atom stereocenters. The number of halogens is 2. The van der Waals surface area contributed by atoms with E-state index in [9.17, 15) is 13.5 Å². The maximum absolute atomic E-state index is 12.9. The average molecular weight is 503 g/mol. The van der Waals surface area contributed by atoms with Gasteiger partial charge in [0.2, 0.25) is 10.0 Å². The largest absolute Gasteiger partial charge is 0.395 e.